The number of aliphatic hydroxyl groups is 2. The van der Waals surface area contributed by atoms with Crippen molar-refractivity contribution in [3.05, 3.63) is 0 Å². The van der Waals surface area contributed by atoms with Crippen molar-refractivity contribution in [2.24, 2.45) is 0 Å². The minimum Gasteiger partial charge on any atom is -0.390 e. The van der Waals surface area contributed by atoms with Crippen LogP contribution in [0.2, 0.25) is 0 Å². The van der Waals surface area contributed by atoms with Crippen LogP contribution in [0.25, 0.3) is 0 Å². The third kappa shape index (κ3) is 4.04. The topological polar surface area (TPSA) is 94.5 Å². The summed E-state index contributed by atoms with van der Waals surface area (Å²) in [6.45, 7) is 6.66. The molecule has 0 radical (unpaired) electrons. The van der Waals surface area contributed by atoms with Gasteiger partial charge in [-0.1, -0.05) is 0 Å². The lowest BCUT2D eigenvalue weighted by molar-refractivity contribution is -0.236. The Kier molecular flexibility index (Phi) is 4.97. The molecule has 0 unspecified atom stereocenters. The molecular formula is C15H26O7. The molecule has 7 heteroatoms. The summed E-state index contributed by atoms with van der Waals surface area (Å²) < 4.78 is 22.4. The summed E-state index contributed by atoms with van der Waals surface area (Å²) >= 11 is 0. The molecule has 2 aliphatic rings. The van der Waals surface area contributed by atoms with Gasteiger partial charge in [-0.15, -0.1) is 0 Å². The summed E-state index contributed by atoms with van der Waals surface area (Å²) in [6, 6.07) is 0. The lowest BCUT2D eigenvalue weighted by Crippen LogP contribution is -2.40. The standard InChI is InChI=1S/C15H26O7/c1-14(2,18)7-8(16)6-9(17)10-11-12(13(19-5)20-10)22-15(3,4)21-11/h9-13,17-18H,6-7H2,1-5H3/t9-,10+,11+,12+,13+/m0/s1. The minimum absolute atomic E-state index is 0.0264. The fourth-order valence-corrected chi connectivity index (χ4v) is 2.99. The van der Waals surface area contributed by atoms with Crippen molar-refractivity contribution in [3.8, 4) is 0 Å². The molecule has 0 aliphatic carbocycles. The molecule has 2 rings (SSSR count). The quantitative estimate of drug-likeness (QED) is 0.730. The highest BCUT2D eigenvalue weighted by molar-refractivity contribution is 5.79. The van der Waals surface area contributed by atoms with E-state index in [0.717, 1.165) is 0 Å². The number of Topliss-reactive ketones (excluding diaryl/α,β-unsaturated/α-hetero) is 1. The molecule has 0 amide bonds. The lowest BCUT2D eigenvalue weighted by atomic mass is 9.95. The first-order valence-corrected chi connectivity index (χ1v) is 7.48. The van der Waals surface area contributed by atoms with E-state index in [4.69, 9.17) is 18.9 Å². The molecule has 128 valence electrons. The summed E-state index contributed by atoms with van der Waals surface area (Å²) in [7, 11) is 1.49. The molecule has 7 nitrogen and oxygen atoms in total. The average molecular weight is 318 g/mol. The van der Waals surface area contributed by atoms with Gasteiger partial charge >= 0.3 is 0 Å². The molecule has 22 heavy (non-hydrogen) atoms. The highest BCUT2D eigenvalue weighted by atomic mass is 16.8. The predicted octanol–water partition coefficient (Wildman–Crippen LogP) is 0.359. The Balaban J connectivity index is 2.00. The fraction of sp³-hybridized carbons (Fsp3) is 0.933. The molecule has 0 saturated carbocycles. The van der Waals surface area contributed by atoms with E-state index in [1.54, 1.807) is 27.7 Å². The Morgan fingerprint density at radius 3 is 2.45 bits per heavy atom. The first-order chi connectivity index (χ1) is 10.0. The van der Waals surface area contributed by atoms with Crippen LogP contribution in [0.15, 0.2) is 0 Å². The minimum atomic E-state index is -1.10. The zero-order valence-corrected chi connectivity index (χ0v) is 13.7. The molecule has 0 aromatic rings. The van der Waals surface area contributed by atoms with Gasteiger partial charge in [-0.2, -0.15) is 0 Å². The molecule has 0 aromatic carbocycles. The second kappa shape index (κ2) is 6.14. The van der Waals surface area contributed by atoms with Gasteiger partial charge in [-0.25, -0.2) is 0 Å². The maximum Gasteiger partial charge on any atom is 0.186 e. The maximum atomic E-state index is 11.9. The lowest BCUT2D eigenvalue weighted by Gasteiger charge is -2.26. The Morgan fingerprint density at radius 1 is 1.32 bits per heavy atom. The average Bonchev–Trinajstić information content (AvgIpc) is 2.78. The van der Waals surface area contributed by atoms with Gasteiger partial charge in [0, 0.05) is 20.0 Å². The highest BCUT2D eigenvalue weighted by Gasteiger charge is 2.57. The number of methoxy groups -OCH3 is 1. The van der Waals surface area contributed by atoms with Gasteiger partial charge in [0.1, 0.15) is 24.1 Å². The number of hydrogen-bond acceptors (Lipinski definition) is 7. The van der Waals surface area contributed by atoms with Crippen molar-refractivity contribution in [3.63, 3.8) is 0 Å². The van der Waals surface area contributed by atoms with E-state index in [1.165, 1.54) is 7.11 Å². The van der Waals surface area contributed by atoms with Gasteiger partial charge in [0.2, 0.25) is 0 Å². The summed E-state index contributed by atoms with van der Waals surface area (Å²) in [5.74, 6) is -1.02. The van der Waals surface area contributed by atoms with E-state index in [2.05, 4.69) is 0 Å². The van der Waals surface area contributed by atoms with Crippen LogP contribution >= 0.6 is 0 Å². The van der Waals surface area contributed by atoms with Crippen molar-refractivity contribution >= 4 is 5.78 Å². The third-order valence-electron chi connectivity index (χ3n) is 3.73. The van der Waals surface area contributed by atoms with E-state index < -0.39 is 42.1 Å². The molecule has 2 saturated heterocycles. The Morgan fingerprint density at radius 2 is 1.91 bits per heavy atom. The van der Waals surface area contributed by atoms with Crippen LogP contribution in [-0.2, 0) is 23.7 Å². The molecule has 0 spiro atoms. The molecule has 2 fully saturated rings. The van der Waals surface area contributed by atoms with Crippen LogP contribution in [0.5, 0.6) is 0 Å². The summed E-state index contributed by atoms with van der Waals surface area (Å²) in [5, 5.41) is 20.0. The van der Waals surface area contributed by atoms with E-state index in [1.807, 2.05) is 0 Å². The molecular weight excluding hydrogens is 292 g/mol. The molecule has 5 atom stereocenters. The number of rotatable bonds is 6. The zero-order chi connectivity index (χ0) is 16.7. The van der Waals surface area contributed by atoms with Crippen molar-refractivity contribution in [2.45, 2.75) is 82.6 Å². The SMILES string of the molecule is CO[C@@H]1O[C@H]([C@@H](O)CC(=O)CC(C)(C)O)[C@H]2OC(C)(C)O[C@@H]12. The first-order valence-electron chi connectivity index (χ1n) is 7.48. The highest BCUT2D eigenvalue weighted by Crippen LogP contribution is 2.40. The maximum absolute atomic E-state index is 11.9. The second-order valence-electron chi connectivity index (χ2n) is 7.07. The van der Waals surface area contributed by atoms with Crippen molar-refractivity contribution < 1.29 is 34.0 Å². The van der Waals surface area contributed by atoms with Crippen LogP contribution in [0.3, 0.4) is 0 Å². The summed E-state index contributed by atoms with van der Waals surface area (Å²) in [6.07, 6.45) is -3.47. The van der Waals surface area contributed by atoms with Crippen LogP contribution in [-0.4, -0.2) is 65.2 Å². The molecule has 2 N–H and O–H groups in total. The van der Waals surface area contributed by atoms with E-state index in [0.29, 0.717) is 0 Å². The molecule has 0 bridgehead atoms. The van der Waals surface area contributed by atoms with Crippen LogP contribution < -0.4 is 0 Å². The van der Waals surface area contributed by atoms with Crippen molar-refractivity contribution in [2.75, 3.05) is 7.11 Å². The van der Waals surface area contributed by atoms with E-state index in [-0.39, 0.29) is 18.6 Å². The Bertz CT molecular complexity index is 415. The van der Waals surface area contributed by atoms with Gasteiger partial charge in [-0.3, -0.25) is 4.79 Å². The van der Waals surface area contributed by atoms with Gasteiger partial charge < -0.3 is 29.2 Å². The Hall–Kier alpha value is -0.570. The number of ketones is 1. The third-order valence-corrected chi connectivity index (χ3v) is 3.73. The molecule has 0 aromatic heterocycles. The van der Waals surface area contributed by atoms with Crippen molar-refractivity contribution in [1.29, 1.82) is 0 Å². The van der Waals surface area contributed by atoms with E-state index >= 15 is 0 Å². The number of hydrogen-bond donors (Lipinski definition) is 2. The smallest absolute Gasteiger partial charge is 0.186 e. The van der Waals surface area contributed by atoms with Gasteiger partial charge in [-0.05, 0) is 27.7 Å². The number of carbonyl (C=O) groups is 1. The number of ether oxygens (including phenoxy) is 4. The second-order valence-corrected chi connectivity index (χ2v) is 7.07. The monoisotopic (exact) mass is 318 g/mol. The van der Waals surface area contributed by atoms with Crippen LogP contribution in [0, 0.1) is 0 Å². The van der Waals surface area contributed by atoms with Gasteiger partial charge in [0.25, 0.3) is 0 Å². The molecule has 2 aliphatic heterocycles. The van der Waals surface area contributed by atoms with Crippen molar-refractivity contribution in [1.82, 2.24) is 0 Å². The Labute approximate surface area is 130 Å². The van der Waals surface area contributed by atoms with Gasteiger partial charge in [0.05, 0.1) is 11.7 Å². The number of carbonyl (C=O) groups excluding carboxylic acids is 1. The fourth-order valence-electron chi connectivity index (χ4n) is 2.99. The number of fused-ring (bicyclic) bond motifs is 1. The number of aliphatic hydroxyl groups excluding tert-OH is 1. The summed E-state index contributed by atoms with van der Waals surface area (Å²) in [4.78, 5) is 11.9. The van der Waals surface area contributed by atoms with E-state index in [9.17, 15) is 15.0 Å². The predicted molar refractivity (Wildman–Crippen MR) is 76.0 cm³/mol. The van der Waals surface area contributed by atoms with Gasteiger partial charge in [0.15, 0.2) is 12.1 Å². The van der Waals surface area contributed by atoms with Crippen LogP contribution in [0.4, 0.5) is 0 Å². The molecule has 2 heterocycles. The zero-order valence-electron chi connectivity index (χ0n) is 13.7. The largest absolute Gasteiger partial charge is 0.390 e. The van der Waals surface area contributed by atoms with Crippen LogP contribution in [0.1, 0.15) is 40.5 Å². The summed E-state index contributed by atoms with van der Waals surface area (Å²) in [5.41, 5.74) is -1.10. The normalized spacial score (nSPS) is 35.4. The first kappa shape index (κ1) is 17.8.